The summed E-state index contributed by atoms with van der Waals surface area (Å²) in [5.74, 6) is -1.89. The van der Waals surface area contributed by atoms with Crippen molar-refractivity contribution in [3.63, 3.8) is 0 Å². The summed E-state index contributed by atoms with van der Waals surface area (Å²) in [6.45, 7) is 0. The van der Waals surface area contributed by atoms with E-state index in [1.165, 1.54) is 24.3 Å². The molecule has 0 aliphatic rings. The van der Waals surface area contributed by atoms with Crippen molar-refractivity contribution in [3.8, 4) is 6.07 Å². The highest BCUT2D eigenvalue weighted by atomic mass is 19.1. The van der Waals surface area contributed by atoms with E-state index in [-0.39, 0.29) is 6.42 Å². The smallest absolute Gasteiger partial charge is 0.335 e. The zero-order valence-corrected chi connectivity index (χ0v) is 18.5. The van der Waals surface area contributed by atoms with Crippen LogP contribution in [0.3, 0.4) is 0 Å². The molecule has 0 unspecified atom stereocenters. The molecule has 3 aromatic rings. The van der Waals surface area contributed by atoms with E-state index in [4.69, 9.17) is 4.84 Å². The fourth-order valence-electron chi connectivity index (χ4n) is 3.75. The highest BCUT2D eigenvalue weighted by molar-refractivity contribution is 5.90. The fraction of sp³-hybridized carbons (Fsp3) is 0.222. The quantitative estimate of drug-likeness (QED) is 0.331. The van der Waals surface area contributed by atoms with Gasteiger partial charge in [-0.15, -0.1) is 0 Å². The second-order valence-corrected chi connectivity index (χ2v) is 7.87. The van der Waals surface area contributed by atoms with Crippen molar-refractivity contribution in [1.29, 1.82) is 5.26 Å². The first-order valence-electron chi connectivity index (χ1n) is 10.9. The number of hydrogen-bond donors (Lipinski definition) is 1. The Morgan fingerprint density at radius 3 is 1.91 bits per heavy atom. The Labute approximate surface area is 196 Å². The second-order valence-electron chi connectivity index (χ2n) is 7.87. The van der Waals surface area contributed by atoms with Gasteiger partial charge in [-0.2, -0.15) is 10.7 Å². The molecule has 1 N–H and O–H groups in total. The Bertz CT molecular complexity index is 1100. The molecule has 5 nitrogen and oxygen atoms in total. The van der Waals surface area contributed by atoms with Gasteiger partial charge >= 0.3 is 5.97 Å². The number of carbonyl (C=O) groups is 2. The lowest BCUT2D eigenvalue weighted by atomic mass is 9.72. The Morgan fingerprint density at radius 2 is 1.38 bits per heavy atom. The molecule has 0 aliphatic carbocycles. The number of nitrogens with zero attached hydrogens (tertiary/aromatic N) is 1. The third kappa shape index (κ3) is 6.26. The molecular weight excluding hydrogens is 438 g/mol. The van der Waals surface area contributed by atoms with Crippen LogP contribution in [0.25, 0.3) is 0 Å². The van der Waals surface area contributed by atoms with Crippen LogP contribution in [0.15, 0.2) is 78.9 Å². The monoisotopic (exact) mass is 462 g/mol. The first-order chi connectivity index (χ1) is 16.4. The van der Waals surface area contributed by atoms with Crippen molar-refractivity contribution in [2.75, 3.05) is 0 Å². The summed E-state index contributed by atoms with van der Waals surface area (Å²) in [5.41, 5.74) is 2.64. The second kappa shape index (κ2) is 11.7. The minimum Gasteiger partial charge on any atom is -0.335 e. The standard InChI is InChI=1S/C27H24F2N2O3/c28-23-14-10-21(11-15-23)27(19-30,22-12-16-24(29)17-13-22)18-6-2-5-9-25(32)31-34-26(33)20-7-3-1-4-8-20/h1,3-4,7-8,10-17H,2,5-6,9,18H2,(H,31,32). The van der Waals surface area contributed by atoms with Gasteiger partial charge in [0.2, 0.25) is 0 Å². The Hall–Kier alpha value is -4.05. The lowest BCUT2D eigenvalue weighted by Crippen LogP contribution is -2.27. The molecule has 0 heterocycles. The molecule has 1 amide bonds. The summed E-state index contributed by atoms with van der Waals surface area (Å²) >= 11 is 0. The number of rotatable bonds is 9. The number of unbranched alkanes of at least 4 members (excludes halogenated alkanes) is 2. The van der Waals surface area contributed by atoms with Gasteiger partial charge in [0.15, 0.2) is 0 Å². The minimum atomic E-state index is -1.07. The van der Waals surface area contributed by atoms with Crippen LogP contribution >= 0.6 is 0 Å². The molecule has 0 radical (unpaired) electrons. The molecule has 0 saturated heterocycles. The van der Waals surface area contributed by atoms with E-state index in [2.05, 4.69) is 11.5 Å². The normalized spacial score (nSPS) is 10.9. The van der Waals surface area contributed by atoms with E-state index in [9.17, 15) is 23.6 Å². The topological polar surface area (TPSA) is 79.2 Å². The summed E-state index contributed by atoms with van der Waals surface area (Å²) in [5, 5.41) is 10.1. The number of carbonyl (C=O) groups excluding carboxylic acids is 2. The number of amides is 1. The third-order valence-corrected chi connectivity index (χ3v) is 5.59. The van der Waals surface area contributed by atoms with Gasteiger partial charge < -0.3 is 4.84 Å². The van der Waals surface area contributed by atoms with Crippen molar-refractivity contribution in [2.24, 2.45) is 0 Å². The van der Waals surface area contributed by atoms with Gasteiger partial charge in [-0.25, -0.2) is 13.6 Å². The number of benzene rings is 3. The lowest BCUT2D eigenvalue weighted by molar-refractivity contribution is -0.130. The van der Waals surface area contributed by atoms with Gasteiger partial charge in [-0.1, -0.05) is 55.3 Å². The van der Waals surface area contributed by atoms with Crippen LogP contribution in [0.5, 0.6) is 0 Å². The molecular formula is C27H24F2N2O3. The summed E-state index contributed by atoms with van der Waals surface area (Å²) < 4.78 is 26.9. The molecule has 0 fully saturated rings. The average molecular weight is 462 g/mol. The average Bonchev–Trinajstić information content (AvgIpc) is 2.87. The van der Waals surface area contributed by atoms with Crippen molar-refractivity contribution < 1.29 is 23.2 Å². The number of halogens is 2. The summed E-state index contributed by atoms with van der Waals surface area (Å²) in [4.78, 5) is 28.7. The van der Waals surface area contributed by atoms with Gasteiger partial charge in [0.25, 0.3) is 5.91 Å². The van der Waals surface area contributed by atoms with Crippen LogP contribution in [0, 0.1) is 23.0 Å². The first kappa shape index (κ1) is 24.6. The number of hydroxylamine groups is 1. The van der Waals surface area contributed by atoms with E-state index < -0.39 is 28.9 Å². The molecule has 3 rings (SSSR count). The molecule has 0 aliphatic heterocycles. The summed E-state index contributed by atoms with van der Waals surface area (Å²) in [6.07, 6.45) is 2.30. The van der Waals surface area contributed by atoms with E-state index in [1.54, 1.807) is 54.6 Å². The molecule has 0 spiro atoms. The lowest BCUT2D eigenvalue weighted by Gasteiger charge is -2.28. The SMILES string of the molecule is N#CC(CCCCCC(=O)NOC(=O)c1ccccc1)(c1ccc(F)cc1)c1ccc(F)cc1. The van der Waals surface area contributed by atoms with Crippen LogP contribution in [-0.2, 0) is 15.0 Å². The zero-order chi connectivity index (χ0) is 24.4. The molecule has 0 atom stereocenters. The third-order valence-electron chi connectivity index (χ3n) is 5.59. The maximum absolute atomic E-state index is 13.5. The number of nitrogens with one attached hydrogen (secondary N) is 1. The molecule has 34 heavy (non-hydrogen) atoms. The number of nitriles is 1. The molecule has 0 saturated carbocycles. The Balaban J connectivity index is 1.55. The van der Waals surface area contributed by atoms with Gasteiger partial charge in [0, 0.05) is 6.42 Å². The zero-order valence-electron chi connectivity index (χ0n) is 18.5. The minimum absolute atomic E-state index is 0.148. The highest BCUT2D eigenvalue weighted by Crippen LogP contribution is 2.37. The van der Waals surface area contributed by atoms with Crippen molar-refractivity contribution in [2.45, 2.75) is 37.5 Å². The van der Waals surface area contributed by atoms with Crippen molar-refractivity contribution >= 4 is 11.9 Å². The Kier molecular flexibility index (Phi) is 8.47. The predicted octanol–water partition coefficient (Wildman–Crippen LogP) is 5.61. The van der Waals surface area contributed by atoms with Crippen LogP contribution in [0.4, 0.5) is 8.78 Å². The summed E-state index contributed by atoms with van der Waals surface area (Å²) in [6, 6.07) is 22.1. The van der Waals surface area contributed by atoms with Crippen LogP contribution in [0.1, 0.15) is 53.6 Å². The molecule has 174 valence electrons. The largest absolute Gasteiger partial charge is 0.362 e. The van der Waals surface area contributed by atoms with E-state index in [1.807, 2.05) is 0 Å². The summed E-state index contributed by atoms with van der Waals surface area (Å²) in [7, 11) is 0. The van der Waals surface area contributed by atoms with Gasteiger partial charge in [-0.3, -0.25) is 4.79 Å². The van der Waals surface area contributed by atoms with Crippen LogP contribution < -0.4 is 5.48 Å². The first-order valence-corrected chi connectivity index (χ1v) is 10.9. The molecule has 3 aromatic carbocycles. The Morgan fingerprint density at radius 1 is 0.824 bits per heavy atom. The van der Waals surface area contributed by atoms with E-state index in [0.717, 1.165) is 0 Å². The fourth-order valence-corrected chi connectivity index (χ4v) is 3.75. The molecule has 0 bridgehead atoms. The maximum atomic E-state index is 13.5. The maximum Gasteiger partial charge on any atom is 0.362 e. The molecule has 0 aromatic heterocycles. The van der Waals surface area contributed by atoms with Crippen LogP contribution in [0.2, 0.25) is 0 Å². The van der Waals surface area contributed by atoms with Gasteiger partial charge in [-0.05, 0) is 60.4 Å². The highest BCUT2D eigenvalue weighted by Gasteiger charge is 2.34. The number of hydrogen-bond acceptors (Lipinski definition) is 4. The van der Waals surface area contributed by atoms with E-state index in [0.29, 0.717) is 42.4 Å². The van der Waals surface area contributed by atoms with Crippen molar-refractivity contribution in [1.82, 2.24) is 5.48 Å². The van der Waals surface area contributed by atoms with E-state index >= 15 is 0 Å². The molecule has 7 heteroatoms. The van der Waals surface area contributed by atoms with Gasteiger partial charge in [0.1, 0.15) is 17.0 Å². The predicted molar refractivity (Wildman–Crippen MR) is 122 cm³/mol. The van der Waals surface area contributed by atoms with Gasteiger partial charge in [0.05, 0.1) is 11.6 Å². The van der Waals surface area contributed by atoms with Crippen molar-refractivity contribution in [3.05, 3.63) is 107 Å². The van der Waals surface area contributed by atoms with Crippen LogP contribution in [-0.4, -0.2) is 11.9 Å².